The number of rotatable bonds is 7. The Balaban J connectivity index is 1.29. The zero-order chi connectivity index (χ0) is 27.1. The van der Waals surface area contributed by atoms with Gasteiger partial charge in [-0.05, 0) is 61.5 Å². The molecule has 0 spiro atoms. The molecule has 1 aliphatic carbocycles. The number of amides is 1. The van der Waals surface area contributed by atoms with Crippen LogP contribution in [0.1, 0.15) is 59.4 Å². The van der Waals surface area contributed by atoms with Crippen LogP contribution < -0.4 is 5.32 Å². The average molecular weight is 532 g/mol. The molecule has 1 fully saturated rings. The maximum Gasteiger partial charge on any atom is 0.492 e. The molecule has 0 unspecified atom stereocenters. The first-order chi connectivity index (χ1) is 18.1. The minimum absolute atomic E-state index is 0.0454. The van der Waals surface area contributed by atoms with E-state index in [1.807, 2.05) is 52.0 Å². The molecule has 196 valence electrons. The Morgan fingerprint density at radius 1 is 1.05 bits per heavy atom. The quantitative estimate of drug-likeness (QED) is 0.393. The molecule has 5 rings (SSSR count). The number of aromatic nitrogens is 1. The summed E-state index contributed by atoms with van der Waals surface area (Å²) < 4.78 is 18.0. The van der Waals surface area contributed by atoms with Crippen LogP contribution in [0.3, 0.4) is 0 Å². The van der Waals surface area contributed by atoms with Gasteiger partial charge in [-0.3, -0.25) is 0 Å². The SMILES string of the molecule is CC1(C)OB(C(=Cc2ncc(C(=O)O)s2)CNC(=O)OCC2c3ccccc3-c3ccccc32)OC1(C)C. The minimum atomic E-state index is -1.05. The Morgan fingerprint density at radius 3 is 2.18 bits per heavy atom. The smallest absolute Gasteiger partial charge is 0.477 e. The van der Waals surface area contributed by atoms with E-state index in [9.17, 15) is 14.7 Å². The second-order valence-electron chi connectivity index (χ2n) is 10.4. The average Bonchev–Trinajstić information content (AvgIpc) is 3.53. The number of carbonyl (C=O) groups excluding carboxylic acids is 1. The van der Waals surface area contributed by atoms with E-state index < -0.39 is 30.4 Å². The predicted octanol–water partition coefficient (Wildman–Crippen LogP) is 5.39. The lowest BCUT2D eigenvalue weighted by molar-refractivity contribution is 0.00578. The van der Waals surface area contributed by atoms with Crippen LogP contribution in [0.5, 0.6) is 0 Å². The molecule has 2 aliphatic rings. The largest absolute Gasteiger partial charge is 0.492 e. The van der Waals surface area contributed by atoms with Gasteiger partial charge in [-0.25, -0.2) is 14.6 Å². The summed E-state index contributed by atoms with van der Waals surface area (Å²) in [7, 11) is -0.744. The molecule has 10 heteroatoms. The second kappa shape index (κ2) is 10.0. The first kappa shape index (κ1) is 26.2. The summed E-state index contributed by atoms with van der Waals surface area (Å²) in [5, 5.41) is 12.5. The lowest BCUT2D eigenvalue weighted by Gasteiger charge is -2.32. The topological polar surface area (TPSA) is 107 Å². The van der Waals surface area contributed by atoms with E-state index in [-0.39, 0.29) is 23.9 Å². The third kappa shape index (κ3) is 4.99. The van der Waals surface area contributed by atoms with Crippen molar-refractivity contribution in [3.63, 3.8) is 0 Å². The van der Waals surface area contributed by atoms with Crippen molar-refractivity contribution in [3.8, 4) is 11.1 Å². The molecule has 2 N–H and O–H groups in total. The van der Waals surface area contributed by atoms with Gasteiger partial charge < -0.3 is 24.5 Å². The van der Waals surface area contributed by atoms with Crippen LogP contribution in [0.2, 0.25) is 0 Å². The minimum Gasteiger partial charge on any atom is -0.477 e. The number of benzene rings is 2. The van der Waals surface area contributed by atoms with Crippen molar-refractivity contribution in [2.45, 2.75) is 44.8 Å². The molecule has 0 saturated carbocycles. The number of thiazole rings is 1. The highest BCUT2D eigenvalue weighted by molar-refractivity contribution is 7.14. The Morgan fingerprint density at radius 2 is 1.63 bits per heavy atom. The Labute approximate surface area is 225 Å². The second-order valence-corrected chi connectivity index (χ2v) is 11.4. The van der Waals surface area contributed by atoms with Gasteiger partial charge in [-0.15, -0.1) is 11.3 Å². The normalized spacial score (nSPS) is 17.7. The lowest BCUT2D eigenvalue weighted by atomic mass is 9.77. The van der Waals surface area contributed by atoms with Crippen LogP contribution in [-0.4, -0.2) is 53.6 Å². The molecule has 2 aromatic carbocycles. The van der Waals surface area contributed by atoms with E-state index in [0.29, 0.717) is 10.5 Å². The molecule has 0 bridgehead atoms. The van der Waals surface area contributed by atoms with Crippen molar-refractivity contribution in [3.05, 3.63) is 81.2 Å². The maximum atomic E-state index is 12.8. The Kier molecular flexibility index (Phi) is 6.89. The van der Waals surface area contributed by atoms with Crippen LogP contribution >= 0.6 is 11.3 Å². The molecule has 3 aromatic rings. The molecular weight excluding hydrogens is 503 g/mol. The summed E-state index contributed by atoms with van der Waals surface area (Å²) in [6, 6.07) is 16.3. The molecular formula is C28H29BN2O6S. The zero-order valence-electron chi connectivity index (χ0n) is 21.7. The van der Waals surface area contributed by atoms with Gasteiger partial charge in [0.25, 0.3) is 0 Å². The predicted molar refractivity (Wildman–Crippen MR) is 146 cm³/mol. The fourth-order valence-corrected chi connectivity index (χ4v) is 5.37. The van der Waals surface area contributed by atoms with E-state index in [2.05, 4.69) is 34.6 Å². The molecule has 0 atom stereocenters. The van der Waals surface area contributed by atoms with Gasteiger partial charge in [-0.1, -0.05) is 48.5 Å². The molecule has 2 heterocycles. The zero-order valence-corrected chi connectivity index (χ0v) is 22.5. The summed E-state index contributed by atoms with van der Waals surface area (Å²) in [5.74, 6) is -1.09. The highest BCUT2D eigenvalue weighted by atomic mass is 32.1. The molecule has 38 heavy (non-hydrogen) atoms. The summed E-state index contributed by atoms with van der Waals surface area (Å²) in [4.78, 5) is 28.4. The van der Waals surface area contributed by atoms with E-state index in [0.717, 1.165) is 33.6 Å². The van der Waals surface area contributed by atoms with E-state index >= 15 is 0 Å². The maximum absolute atomic E-state index is 12.8. The molecule has 1 saturated heterocycles. The van der Waals surface area contributed by atoms with Crippen LogP contribution in [0, 0.1) is 0 Å². The third-order valence-corrected chi connectivity index (χ3v) is 8.31. The summed E-state index contributed by atoms with van der Waals surface area (Å²) in [6.45, 7) is 8.04. The fourth-order valence-electron chi connectivity index (χ4n) is 4.63. The Bertz CT molecular complexity index is 1350. The number of hydrogen-bond acceptors (Lipinski definition) is 7. The van der Waals surface area contributed by atoms with Crippen molar-refractivity contribution in [1.82, 2.24) is 10.3 Å². The number of nitrogens with one attached hydrogen (secondary N) is 1. The van der Waals surface area contributed by atoms with Gasteiger partial charge in [0.05, 0.1) is 17.4 Å². The van der Waals surface area contributed by atoms with Crippen LogP contribution in [0.25, 0.3) is 17.2 Å². The van der Waals surface area contributed by atoms with E-state index in [1.54, 1.807) is 6.08 Å². The van der Waals surface area contributed by atoms with Gasteiger partial charge in [0.2, 0.25) is 0 Å². The number of carboxylic acid groups (broad SMARTS) is 1. The lowest BCUT2D eigenvalue weighted by Crippen LogP contribution is -2.41. The first-order valence-corrected chi connectivity index (χ1v) is 13.2. The number of aromatic carboxylic acids is 1. The monoisotopic (exact) mass is 532 g/mol. The van der Waals surface area contributed by atoms with Crippen molar-refractivity contribution < 1.29 is 28.7 Å². The molecule has 8 nitrogen and oxygen atoms in total. The summed E-state index contributed by atoms with van der Waals surface area (Å²) in [5.41, 5.74) is 4.02. The summed E-state index contributed by atoms with van der Waals surface area (Å²) in [6.07, 6.45) is 2.43. The van der Waals surface area contributed by atoms with Crippen molar-refractivity contribution in [2.75, 3.05) is 13.2 Å². The number of nitrogens with zero attached hydrogens (tertiary/aromatic N) is 1. The highest BCUT2D eigenvalue weighted by Crippen LogP contribution is 2.44. The number of alkyl carbamates (subject to hydrolysis) is 1. The molecule has 0 radical (unpaired) electrons. The van der Waals surface area contributed by atoms with Gasteiger partial charge in [-0.2, -0.15) is 0 Å². The Hall–Kier alpha value is -3.47. The van der Waals surface area contributed by atoms with Crippen molar-refractivity contribution >= 4 is 36.6 Å². The number of carboxylic acids is 1. The van der Waals surface area contributed by atoms with Crippen LogP contribution in [0.15, 0.2) is 60.2 Å². The van der Waals surface area contributed by atoms with Crippen LogP contribution in [0.4, 0.5) is 4.79 Å². The first-order valence-electron chi connectivity index (χ1n) is 12.4. The van der Waals surface area contributed by atoms with Gasteiger partial charge >= 0.3 is 19.2 Å². The van der Waals surface area contributed by atoms with Gasteiger partial charge in [0, 0.05) is 12.5 Å². The van der Waals surface area contributed by atoms with Gasteiger partial charge in [0.1, 0.15) is 16.5 Å². The van der Waals surface area contributed by atoms with E-state index in [4.69, 9.17) is 14.0 Å². The number of fused-ring (bicyclic) bond motifs is 3. The van der Waals surface area contributed by atoms with Gasteiger partial charge in [0.15, 0.2) is 0 Å². The number of carbonyl (C=O) groups is 2. The van der Waals surface area contributed by atoms with E-state index in [1.165, 1.54) is 6.20 Å². The summed E-state index contributed by atoms with van der Waals surface area (Å²) >= 11 is 1.03. The van der Waals surface area contributed by atoms with Crippen molar-refractivity contribution in [2.24, 2.45) is 0 Å². The molecule has 1 aliphatic heterocycles. The van der Waals surface area contributed by atoms with Crippen molar-refractivity contribution in [1.29, 1.82) is 0 Å². The standard InChI is InChI=1S/C28H29BN2O6S/c1-27(2)28(3,4)37-29(36-27)17(13-24-30-15-23(38-24)25(32)33)14-31-26(34)35-16-22-20-11-7-5-9-18(20)19-10-6-8-12-21(19)22/h5-13,15,22H,14,16H2,1-4H3,(H,31,34)(H,32,33). The number of ether oxygens (including phenoxy) is 1. The highest BCUT2D eigenvalue weighted by Gasteiger charge is 2.52. The fraction of sp³-hybridized carbons (Fsp3) is 0.321. The third-order valence-electron chi connectivity index (χ3n) is 7.38. The van der Waals surface area contributed by atoms with Crippen LogP contribution in [-0.2, 0) is 14.0 Å². The number of hydrogen-bond donors (Lipinski definition) is 2. The molecule has 1 amide bonds. The molecule has 1 aromatic heterocycles.